The molecule has 0 heterocycles. The summed E-state index contributed by atoms with van der Waals surface area (Å²) >= 11 is 0. The number of hydrogen-bond acceptors (Lipinski definition) is 1. The lowest BCUT2D eigenvalue weighted by atomic mass is 10.8. The smallest absolute Gasteiger partial charge is 0.416 e. The molecule has 0 aromatic carbocycles. The molecule has 0 spiro atoms. The largest absolute Gasteiger partial charge is 0.441 e. The highest BCUT2D eigenvalue weighted by atomic mass is 19.4. The van der Waals surface area contributed by atoms with Gasteiger partial charge in [0.05, 0.1) is 6.26 Å². The third-order valence-electron chi connectivity index (χ3n) is 0.363. The van der Waals surface area contributed by atoms with Gasteiger partial charge in [0.15, 0.2) is 6.67 Å². The van der Waals surface area contributed by atoms with Crippen molar-refractivity contribution in [3.63, 3.8) is 0 Å². The summed E-state index contributed by atoms with van der Waals surface area (Å²) in [6.07, 6.45) is -3.65. The highest BCUT2D eigenvalue weighted by Gasteiger charge is 2.26. The van der Waals surface area contributed by atoms with Gasteiger partial charge in [-0.2, -0.15) is 17.6 Å². The molecule has 6 heteroatoms. The molecule has 0 aliphatic rings. The Balaban J connectivity index is 0. The molecule has 1 nitrogen and oxygen atoms in total. The fourth-order valence-electron chi connectivity index (χ4n) is 0.0904. The second kappa shape index (κ2) is 6.63. The minimum absolute atomic E-state index is 0.829. The van der Waals surface area contributed by atoms with E-state index < -0.39 is 18.9 Å². The van der Waals surface area contributed by atoms with Crippen molar-refractivity contribution in [1.29, 1.82) is 0 Å². The Bertz CT molecular complexity index is 139. The Labute approximate surface area is 66.1 Å². The van der Waals surface area contributed by atoms with E-state index in [0.717, 1.165) is 6.26 Å². The van der Waals surface area contributed by atoms with Gasteiger partial charge in [-0.05, 0) is 6.58 Å². The van der Waals surface area contributed by atoms with Gasteiger partial charge in [0.2, 0.25) is 0 Å². The molecule has 0 amide bonds. The fourth-order valence-corrected chi connectivity index (χ4v) is 0.0904. The summed E-state index contributed by atoms with van der Waals surface area (Å²) in [5.74, 6) is 0. The third kappa shape index (κ3) is 23.1. The summed E-state index contributed by atoms with van der Waals surface area (Å²) in [7, 11) is 0. The van der Waals surface area contributed by atoms with E-state index in [2.05, 4.69) is 17.9 Å². The van der Waals surface area contributed by atoms with Gasteiger partial charge < -0.3 is 4.74 Å². The Morgan fingerprint density at radius 3 is 1.75 bits per heavy atom. The van der Waals surface area contributed by atoms with Crippen molar-refractivity contribution in [2.45, 2.75) is 6.18 Å². The van der Waals surface area contributed by atoms with Crippen molar-refractivity contribution < 1.29 is 26.7 Å². The maximum Gasteiger partial charge on any atom is 0.416 e. The molecule has 12 heavy (non-hydrogen) atoms. The Hall–Kier alpha value is -1.07. The minimum atomic E-state index is -4.62. The van der Waals surface area contributed by atoms with Gasteiger partial charge in [0.25, 0.3) is 6.01 Å². The first-order valence-electron chi connectivity index (χ1n) is 2.58. The molecule has 0 radical (unpaired) electrons. The average molecular weight is 190 g/mol. The lowest BCUT2D eigenvalue weighted by Crippen LogP contribution is -2.08. The van der Waals surface area contributed by atoms with Crippen LogP contribution in [0.2, 0.25) is 0 Å². The van der Waals surface area contributed by atoms with Crippen LogP contribution >= 0.6 is 0 Å². The van der Waals surface area contributed by atoms with Crippen molar-refractivity contribution in [3.8, 4) is 0 Å². The number of ether oxygens (including phenoxy) is 1. The van der Waals surface area contributed by atoms with Crippen LogP contribution in [0.3, 0.4) is 0 Å². The lowest BCUT2D eigenvalue weighted by Gasteiger charge is -1.93. The summed E-state index contributed by atoms with van der Waals surface area (Å²) in [6, 6.07) is -0.829. The fraction of sp³-hybridized carbons (Fsp3) is 0.333. The zero-order chi connectivity index (χ0) is 10.2. The molecule has 0 fully saturated rings. The van der Waals surface area contributed by atoms with Crippen molar-refractivity contribution in [3.05, 3.63) is 25.4 Å². The van der Waals surface area contributed by atoms with Gasteiger partial charge in [0, 0.05) is 0 Å². The van der Waals surface area contributed by atoms with Crippen LogP contribution < -0.4 is 0 Å². The zero-order valence-electron chi connectivity index (χ0n) is 6.00. The second-order valence-corrected chi connectivity index (χ2v) is 1.39. The molecular formula is C6H7F5O. The summed E-state index contributed by atoms with van der Waals surface area (Å²) in [6.45, 7) is 3.63. The summed E-state index contributed by atoms with van der Waals surface area (Å²) in [5.41, 5.74) is 0. The second-order valence-electron chi connectivity index (χ2n) is 1.39. The molecule has 0 saturated carbocycles. The van der Waals surface area contributed by atoms with Gasteiger partial charge in [0.1, 0.15) is 0 Å². The molecule has 0 unspecified atom stereocenters. The lowest BCUT2D eigenvalue weighted by molar-refractivity contribution is -0.142. The summed E-state index contributed by atoms with van der Waals surface area (Å²) < 4.78 is 56.8. The standard InChI is InChI=1S/C4H5FO.C2H2F4/c1-3-6-4(2)5;3-1-2(4,5)6/h3H,1-2H2;1H2. The molecule has 0 aliphatic heterocycles. The van der Waals surface area contributed by atoms with Gasteiger partial charge >= 0.3 is 6.18 Å². The number of rotatable bonds is 2. The van der Waals surface area contributed by atoms with Crippen LogP contribution in [-0.2, 0) is 4.74 Å². The first kappa shape index (κ1) is 13.5. The number of hydrogen-bond donors (Lipinski definition) is 0. The van der Waals surface area contributed by atoms with Gasteiger partial charge in [-0.3, -0.25) is 0 Å². The molecule has 72 valence electrons. The topological polar surface area (TPSA) is 9.23 Å². The minimum Gasteiger partial charge on any atom is -0.441 e. The van der Waals surface area contributed by atoms with Gasteiger partial charge in [-0.1, -0.05) is 6.58 Å². The van der Waals surface area contributed by atoms with E-state index >= 15 is 0 Å². The van der Waals surface area contributed by atoms with Gasteiger partial charge in [-0.25, -0.2) is 4.39 Å². The van der Waals surface area contributed by atoms with Crippen molar-refractivity contribution in [2.24, 2.45) is 0 Å². The molecule has 0 rings (SSSR count). The quantitative estimate of drug-likeness (QED) is 0.480. The van der Waals surface area contributed by atoms with Gasteiger partial charge in [-0.15, -0.1) is 0 Å². The van der Waals surface area contributed by atoms with E-state index in [1.54, 1.807) is 0 Å². The van der Waals surface area contributed by atoms with Crippen molar-refractivity contribution in [1.82, 2.24) is 0 Å². The van der Waals surface area contributed by atoms with E-state index in [1.807, 2.05) is 0 Å². The monoisotopic (exact) mass is 190 g/mol. The molecule has 0 saturated heterocycles. The molecule has 0 N–H and O–H groups in total. The summed E-state index contributed by atoms with van der Waals surface area (Å²) in [4.78, 5) is 0. The van der Waals surface area contributed by atoms with Crippen LogP contribution in [0.5, 0.6) is 0 Å². The van der Waals surface area contributed by atoms with Crippen LogP contribution in [0.25, 0.3) is 0 Å². The Morgan fingerprint density at radius 2 is 1.75 bits per heavy atom. The predicted molar refractivity (Wildman–Crippen MR) is 33.6 cm³/mol. The molecule has 0 atom stereocenters. The summed E-state index contributed by atoms with van der Waals surface area (Å²) in [5, 5.41) is 0. The maximum absolute atomic E-state index is 11.2. The highest BCUT2D eigenvalue weighted by Crippen LogP contribution is 2.13. The predicted octanol–water partition coefficient (Wildman–Crippen LogP) is 3.11. The van der Waals surface area contributed by atoms with Crippen LogP contribution in [0, 0.1) is 0 Å². The number of halogens is 5. The Morgan fingerprint density at radius 1 is 1.42 bits per heavy atom. The van der Waals surface area contributed by atoms with Crippen LogP contribution in [0.4, 0.5) is 22.0 Å². The van der Waals surface area contributed by atoms with Crippen molar-refractivity contribution in [2.75, 3.05) is 6.67 Å². The maximum atomic E-state index is 11.2. The normalized spacial score (nSPS) is 9.42. The van der Waals surface area contributed by atoms with E-state index in [4.69, 9.17) is 0 Å². The molecule has 0 bridgehead atoms. The van der Waals surface area contributed by atoms with Crippen molar-refractivity contribution >= 4 is 0 Å². The van der Waals surface area contributed by atoms with Crippen LogP contribution in [0.15, 0.2) is 25.4 Å². The average Bonchev–Trinajstić information content (AvgIpc) is 1.87. The highest BCUT2D eigenvalue weighted by molar-refractivity contribution is 4.68. The van der Waals surface area contributed by atoms with Crippen LogP contribution in [0.1, 0.15) is 0 Å². The zero-order valence-corrected chi connectivity index (χ0v) is 6.00. The van der Waals surface area contributed by atoms with E-state index in [-0.39, 0.29) is 0 Å². The molecular weight excluding hydrogens is 183 g/mol. The first-order chi connectivity index (χ1) is 5.33. The van der Waals surface area contributed by atoms with E-state index in [1.165, 1.54) is 0 Å². The molecule has 0 aromatic heterocycles. The van der Waals surface area contributed by atoms with Crippen LogP contribution in [-0.4, -0.2) is 12.9 Å². The third-order valence-corrected chi connectivity index (χ3v) is 0.363. The molecule has 0 aliphatic carbocycles. The molecule has 0 aromatic rings. The van der Waals surface area contributed by atoms with E-state index in [9.17, 15) is 22.0 Å². The number of alkyl halides is 4. The SMILES string of the molecule is C=COC(=C)F.FCC(F)(F)F. The van der Waals surface area contributed by atoms with E-state index in [0.29, 0.717) is 0 Å². The first-order valence-corrected chi connectivity index (χ1v) is 2.58. The Kier molecular flexibility index (Phi) is 7.47.